The lowest BCUT2D eigenvalue weighted by Crippen LogP contribution is -2.56. The standard InChI is InChI=1S/C23H18N4O3/c28-23(18-7-4-12-24-13-18)27-14-20(15-27)29-19-10-8-16(9-11-19)21-25-22(30-26-21)17-5-2-1-3-6-17/h1-13,20H,14-15H2. The lowest BCUT2D eigenvalue weighted by Gasteiger charge is -2.38. The van der Waals surface area contributed by atoms with E-state index < -0.39 is 0 Å². The molecule has 30 heavy (non-hydrogen) atoms. The number of amides is 1. The first kappa shape index (κ1) is 18.1. The van der Waals surface area contributed by atoms with Crippen molar-refractivity contribution in [3.63, 3.8) is 0 Å². The summed E-state index contributed by atoms with van der Waals surface area (Å²) in [6.45, 7) is 1.11. The van der Waals surface area contributed by atoms with Gasteiger partial charge < -0.3 is 14.2 Å². The highest BCUT2D eigenvalue weighted by atomic mass is 16.5. The van der Waals surface area contributed by atoms with Crippen LogP contribution in [0.4, 0.5) is 0 Å². The van der Waals surface area contributed by atoms with Gasteiger partial charge in [-0.2, -0.15) is 4.98 Å². The predicted molar refractivity (Wildman–Crippen MR) is 110 cm³/mol. The van der Waals surface area contributed by atoms with Crippen LogP contribution < -0.4 is 4.74 Å². The SMILES string of the molecule is O=C(c1cccnc1)N1CC(Oc2ccc(-c3noc(-c4ccccc4)n3)cc2)C1. The van der Waals surface area contributed by atoms with E-state index in [1.807, 2.05) is 54.6 Å². The number of aromatic nitrogens is 3. The van der Waals surface area contributed by atoms with Gasteiger partial charge in [-0.05, 0) is 48.5 Å². The predicted octanol–water partition coefficient (Wildman–Crippen LogP) is 3.70. The smallest absolute Gasteiger partial charge is 0.258 e. The van der Waals surface area contributed by atoms with E-state index in [1.165, 1.54) is 0 Å². The minimum atomic E-state index is -0.0235. The van der Waals surface area contributed by atoms with Gasteiger partial charge in [0.25, 0.3) is 11.8 Å². The molecule has 0 atom stereocenters. The first-order valence-electron chi connectivity index (χ1n) is 9.62. The summed E-state index contributed by atoms with van der Waals surface area (Å²) in [5.74, 6) is 1.73. The second-order valence-electron chi connectivity index (χ2n) is 7.01. The van der Waals surface area contributed by atoms with E-state index in [1.54, 1.807) is 29.4 Å². The highest BCUT2D eigenvalue weighted by molar-refractivity contribution is 5.94. The van der Waals surface area contributed by atoms with Gasteiger partial charge in [0.15, 0.2) is 0 Å². The van der Waals surface area contributed by atoms with Crippen LogP contribution in [0.5, 0.6) is 5.75 Å². The minimum absolute atomic E-state index is 0.0219. The molecule has 0 bridgehead atoms. The Morgan fingerprint density at radius 3 is 2.50 bits per heavy atom. The van der Waals surface area contributed by atoms with E-state index in [4.69, 9.17) is 9.26 Å². The molecular weight excluding hydrogens is 380 g/mol. The fourth-order valence-corrected chi connectivity index (χ4v) is 3.26. The average molecular weight is 398 g/mol. The van der Waals surface area contributed by atoms with Crippen LogP contribution in [0.3, 0.4) is 0 Å². The molecule has 0 spiro atoms. The van der Waals surface area contributed by atoms with Crippen LogP contribution in [-0.2, 0) is 0 Å². The number of rotatable bonds is 5. The zero-order chi connectivity index (χ0) is 20.3. The van der Waals surface area contributed by atoms with Crippen molar-refractivity contribution in [2.75, 3.05) is 13.1 Å². The third kappa shape index (κ3) is 3.65. The van der Waals surface area contributed by atoms with Crippen LogP contribution in [0.25, 0.3) is 22.8 Å². The molecule has 1 aliphatic rings. The molecule has 0 aliphatic carbocycles. The van der Waals surface area contributed by atoms with Crippen molar-refractivity contribution < 1.29 is 14.1 Å². The molecule has 1 amide bonds. The monoisotopic (exact) mass is 398 g/mol. The third-order valence-corrected chi connectivity index (χ3v) is 4.91. The fourth-order valence-electron chi connectivity index (χ4n) is 3.26. The van der Waals surface area contributed by atoms with E-state index in [0.29, 0.717) is 30.4 Å². The van der Waals surface area contributed by atoms with Crippen LogP contribution in [0.15, 0.2) is 83.6 Å². The minimum Gasteiger partial charge on any atom is -0.487 e. The molecule has 1 aliphatic heterocycles. The maximum atomic E-state index is 12.3. The Labute approximate surface area is 172 Å². The van der Waals surface area contributed by atoms with Crippen molar-refractivity contribution in [2.45, 2.75) is 6.10 Å². The maximum Gasteiger partial charge on any atom is 0.258 e. The number of pyridine rings is 1. The van der Waals surface area contributed by atoms with Gasteiger partial charge in [-0.3, -0.25) is 9.78 Å². The lowest BCUT2D eigenvalue weighted by molar-refractivity contribution is 0.0177. The number of carbonyl (C=O) groups excluding carboxylic acids is 1. The summed E-state index contributed by atoms with van der Waals surface area (Å²) in [7, 11) is 0. The summed E-state index contributed by atoms with van der Waals surface area (Å²) in [6.07, 6.45) is 3.21. The van der Waals surface area contributed by atoms with Gasteiger partial charge in [-0.1, -0.05) is 23.4 Å². The molecule has 5 rings (SSSR count). The van der Waals surface area contributed by atoms with Gasteiger partial charge in [0, 0.05) is 23.5 Å². The van der Waals surface area contributed by atoms with Gasteiger partial charge >= 0.3 is 0 Å². The van der Waals surface area contributed by atoms with E-state index >= 15 is 0 Å². The van der Waals surface area contributed by atoms with Crippen molar-refractivity contribution >= 4 is 5.91 Å². The topological polar surface area (TPSA) is 81.4 Å². The number of nitrogens with zero attached hydrogens (tertiary/aromatic N) is 4. The molecule has 4 aromatic rings. The Morgan fingerprint density at radius 1 is 0.967 bits per heavy atom. The molecule has 1 fully saturated rings. The average Bonchev–Trinajstić information content (AvgIpc) is 3.27. The molecule has 3 heterocycles. The Bertz CT molecular complexity index is 1140. The Kier molecular flexibility index (Phi) is 4.69. The van der Waals surface area contributed by atoms with Crippen molar-refractivity contribution in [2.24, 2.45) is 0 Å². The number of benzene rings is 2. The number of ether oxygens (including phenoxy) is 1. The molecule has 7 nitrogen and oxygen atoms in total. The number of likely N-dealkylation sites (tertiary alicyclic amines) is 1. The summed E-state index contributed by atoms with van der Waals surface area (Å²) in [5.41, 5.74) is 2.32. The molecule has 7 heteroatoms. The van der Waals surface area contributed by atoms with Crippen LogP contribution in [-0.4, -0.2) is 45.1 Å². The highest BCUT2D eigenvalue weighted by Crippen LogP contribution is 2.25. The summed E-state index contributed by atoms with van der Waals surface area (Å²) < 4.78 is 11.3. The second-order valence-corrected chi connectivity index (χ2v) is 7.01. The normalized spacial score (nSPS) is 13.7. The van der Waals surface area contributed by atoms with Crippen LogP contribution in [0.2, 0.25) is 0 Å². The summed E-state index contributed by atoms with van der Waals surface area (Å²) >= 11 is 0. The highest BCUT2D eigenvalue weighted by Gasteiger charge is 2.32. The lowest BCUT2D eigenvalue weighted by atomic mass is 10.1. The van der Waals surface area contributed by atoms with Gasteiger partial charge in [-0.15, -0.1) is 0 Å². The Balaban J connectivity index is 1.19. The molecule has 2 aromatic heterocycles. The molecule has 0 saturated carbocycles. The number of hydrogen-bond acceptors (Lipinski definition) is 6. The van der Waals surface area contributed by atoms with Gasteiger partial charge in [0.1, 0.15) is 11.9 Å². The van der Waals surface area contributed by atoms with Crippen LogP contribution >= 0.6 is 0 Å². The van der Waals surface area contributed by atoms with Gasteiger partial charge in [0.2, 0.25) is 5.82 Å². The zero-order valence-electron chi connectivity index (χ0n) is 16.0. The Hall–Kier alpha value is -4.00. The summed E-state index contributed by atoms with van der Waals surface area (Å²) in [4.78, 5) is 22.5. The molecule has 0 radical (unpaired) electrons. The van der Waals surface area contributed by atoms with Crippen molar-refractivity contribution in [3.05, 3.63) is 84.7 Å². The molecular formula is C23H18N4O3. The molecule has 1 saturated heterocycles. The third-order valence-electron chi connectivity index (χ3n) is 4.91. The fraction of sp³-hybridized carbons (Fsp3) is 0.130. The van der Waals surface area contributed by atoms with Crippen LogP contribution in [0.1, 0.15) is 10.4 Å². The van der Waals surface area contributed by atoms with Crippen LogP contribution in [0, 0.1) is 0 Å². The molecule has 2 aromatic carbocycles. The maximum absolute atomic E-state index is 12.3. The quantitative estimate of drug-likeness (QED) is 0.510. The number of hydrogen-bond donors (Lipinski definition) is 0. The molecule has 0 unspecified atom stereocenters. The van der Waals surface area contributed by atoms with E-state index in [0.717, 1.165) is 16.9 Å². The summed E-state index contributed by atoms with van der Waals surface area (Å²) in [6, 6.07) is 20.7. The van der Waals surface area contributed by atoms with E-state index in [9.17, 15) is 4.79 Å². The van der Waals surface area contributed by atoms with E-state index in [2.05, 4.69) is 15.1 Å². The first-order valence-corrected chi connectivity index (χ1v) is 9.62. The number of carbonyl (C=O) groups is 1. The van der Waals surface area contributed by atoms with Gasteiger partial charge in [-0.25, -0.2) is 0 Å². The van der Waals surface area contributed by atoms with Crippen molar-refractivity contribution in [1.29, 1.82) is 0 Å². The second kappa shape index (κ2) is 7.79. The van der Waals surface area contributed by atoms with Crippen molar-refractivity contribution in [1.82, 2.24) is 20.0 Å². The Morgan fingerprint density at radius 2 is 1.77 bits per heavy atom. The first-order chi connectivity index (χ1) is 14.8. The largest absolute Gasteiger partial charge is 0.487 e. The van der Waals surface area contributed by atoms with Crippen molar-refractivity contribution in [3.8, 4) is 28.6 Å². The molecule has 0 N–H and O–H groups in total. The van der Waals surface area contributed by atoms with Gasteiger partial charge in [0.05, 0.1) is 18.7 Å². The summed E-state index contributed by atoms with van der Waals surface area (Å²) in [5, 5.41) is 4.06. The zero-order valence-corrected chi connectivity index (χ0v) is 16.0. The van der Waals surface area contributed by atoms with E-state index in [-0.39, 0.29) is 12.0 Å². The molecule has 148 valence electrons.